The zero-order valence-corrected chi connectivity index (χ0v) is 10.8. The van der Waals surface area contributed by atoms with Crippen molar-refractivity contribution in [3.63, 3.8) is 0 Å². The van der Waals surface area contributed by atoms with E-state index in [4.69, 9.17) is 11.6 Å². The number of benzene rings is 1. The number of nitrogens with zero attached hydrogens (tertiary/aromatic N) is 1. The summed E-state index contributed by atoms with van der Waals surface area (Å²) in [6, 6.07) is 7.68. The van der Waals surface area contributed by atoms with Crippen molar-refractivity contribution < 1.29 is 0 Å². The monoisotopic (exact) mass is 293 g/mol. The highest BCUT2D eigenvalue weighted by Gasteiger charge is 1.99. The third kappa shape index (κ3) is 2.55. The summed E-state index contributed by atoms with van der Waals surface area (Å²) in [7, 11) is 0. The standard InChI is InChI=1S/C13H9BrClN/c14-7-2-1-3-10-4-5-13-11(9-10)12(15)6-8-16-13/h4-6,8-9H,2,7H2. The first-order valence-electron chi connectivity index (χ1n) is 4.90. The van der Waals surface area contributed by atoms with E-state index in [9.17, 15) is 0 Å². The van der Waals surface area contributed by atoms with E-state index in [2.05, 4.69) is 32.8 Å². The average Bonchev–Trinajstić information content (AvgIpc) is 2.30. The van der Waals surface area contributed by atoms with E-state index < -0.39 is 0 Å². The summed E-state index contributed by atoms with van der Waals surface area (Å²) in [4.78, 5) is 4.24. The second kappa shape index (κ2) is 5.34. The van der Waals surface area contributed by atoms with Gasteiger partial charge in [-0.3, -0.25) is 4.98 Å². The molecule has 3 heteroatoms. The van der Waals surface area contributed by atoms with Crippen LogP contribution in [0.4, 0.5) is 0 Å². The second-order valence-electron chi connectivity index (χ2n) is 3.27. The van der Waals surface area contributed by atoms with E-state index in [1.165, 1.54) is 0 Å². The fraction of sp³-hybridized carbons (Fsp3) is 0.154. The molecule has 16 heavy (non-hydrogen) atoms. The van der Waals surface area contributed by atoms with Gasteiger partial charge in [-0.05, 0) is 24.3 Å². The number of aromatic nitrogens is 1. The van der Waals surface area contributed by atoms with Crippen LogP contribution in [0.15, 0.2) is 30.5 Å². The largest absolute Gasteiger partial charge is 0.256 e. The molecule has 1 aromatic heterocycles. The maximum atomic E-state index is 6.09. The summed E-state index contributed by atoms with van der Waals surface area (Å²) in [6.45, 7) is 0. The normalized spacial score (nSPS) is 9.88. The number of halogens is 2. The van der Waals surface area contributed by atoms with Crippen molar-refractivity contribution in [2.45, 2.75) is 6.42 Å². The van der Waals surface area contributed by atoms with Crippen molar-refractivity contribution in [3.05, 3.63) is 41.0 Å². The Morgan fingerprint density at radius 2 is 2.19 bits per heavy atom. The van der Waals surface area contributed by atoms with Gasteiger partial charge in [0.25, 0.3) is 0 Å². The van der Waals surface area contributed by atoms with Gasteiger partial charge in [-0.1, -0.05) is 39.4 Å². The molecule has 1 heterocycles. The van der Waals surface area contributed by atoms with Gasteiger partial charge in [-0.15, -0.1) is 0 Å². The zero-order valence-electron chi connectivity index (χ0n) is 8.50. The van der Waals surface area contributed by atoms with Crippen LogP contribution in [0, 0.1) is 11.8 Å². The van der Waals surface area contributed by atoms with E-state index in [0.717, 1.165) is 28.2 Å². The van der Waals surface area contributed by atoms with Crippen LogP contribution >= 0.6 is 27.5 Å². The average molecular weight is 295 g/mol. The molecule has 0 bridgehead atoms. The number of alkyl halides is 1. The van der Waals surface area contributed by atoms with Crippen molar-refractivity contribution >= 4 is 38.4 Å². The van der Waals surface area contributed by atoms with Gasteiger partial charge in [0.1, 0.15) is 0 Å². The van der Waals surface area contributed by atoms with Gasteiger partial charge < -0.3 is 0 Å². The zero-order chi connectivity index (χ0) is 11.4. The summed E-state index contributed by atoms with van der Waals surface area (Å²) in [5.74, 6) is 6.17. The molecule has 2 aromatic rings. The Bertz CT molecular complexity index is 569. The summed E-state index contributed by atoms with van der Waals surface area (Å²) in [6.07, 6.45) is 2.56. The molecule has 0 saturated carbocycles. The van der Waals surface area contributed by atoms with Crippen LogP contribution in [0.25, 0.3) is 10.9 Å². The first-order chi connectivity index (χ1) is 7.81. The van der Waals surface area contributed by atoms with E-state index in [1.807, 2.05) is 18.2 Å². The van der Waals surface area contributed by atoms with Gasteiger partial charge in [-0.2, -0.15) is 0 Å². The molecule has 0 N–H and O–H groups in total. The highest BCUT2D eigenvalue weighted by Crippen LogP contribution is 2.22. The highest BCUT2D eigenvalue weighted by molar-refractivity contribution is 9.09. The van der Waals surface area contributed by atoms with E-state index in [-0.39, 0.29) is 0 Å². The molecule has 1 nitrogen and oxygen atoms in total. The Morgan fingerprint density at radius 3 is 3.00 bits per heavy atom. The quantitative estimate of drug-likeness (QED) is 0.572. The van der Waals surface area contributed by atoms with Crippen LogP contribution < -0.4 is 0 Å². The lowest BCUT2D eigenvalue weighted by molar-refractivity contribution is 1.32. The molecule has 0 aliphatic rings. The fourth-order valence-electron chi connectivity index (χ4n) is 1.40. The van der Waals surface area contributed by atoms with Crippen LogP contribution in [0.5, 0.6) is 0 Å². The van der Waals surface area contributed by atoms with E-state index in [0.29, 0.717) is 5.02 Å². The van der Waals surface area contributed by atoms with Crippen molar-refractivity contribution in [2.75, 3.05) is 5.33 Å². The van der Waals surface area contributed by atoms with Gasteiger partial charge in [0.05, 0.1) is 10.5 Å². The van der Waals surface area contributed by atoms with Crippen molar-refractivity contribution in [1.29, 1.82) is 0 Å². The van der Waals surface area contributed by atoms with Gasteiger partial charge >= 0.3 is 0 Å². The Labute approximate surface area is 108 Å². The third-order valence-electron chi connectivity index (χ3n) is 2.14. The molecular weight excluding hydrogens is 286 g/mol. The number of rotatable bonds is 1. The number of fused-ring (bicyclic) bond motifs is 1. The topological polar surface area (TPSA) is 12.9 Å². The van der Waals surface area contributed by atoms with Crippen molar-refractivity contribution in [3.8, 4) is 11.8 Å². The lowest BCUT2D eigenvalue weighted by Crippen LogP contribution is -1.81. The molecule has 0 spiro atoms. The van der Waals surface area contributed by atoms with Crippen LogP contribution in [-0.2, 0) is 0 Å². The van der Waals surface area contributed by atoms with Crippen molar-refractivity contribution in [1.82, 2.24) is 4.98 Å². The van der Waals surface area contributed by atoms with Gasteiger partial charge in [-0.25, -0.2) is 0 Å². The molecule has 0 fully saturated rings. The molecule has 0 aliphatic heterocycles. The highest BCUT2D eigenvalue weighted by atomic mass is 79.9. The Kier molecular flexibility index (Phi) is 3.82. The molecule has 0 radical (unpaired) electrons. The molecule has 0 unspecified atom stereocenters. The molecule has 2 rings (SSSR count). The van der Waals surface area contributed by atoms with Crippen LogP contribution in [0.1, 0.15) is 12.0 Å². The third-order valence-corrected chi connectivity index (χ3v) is 2.87. The maximum Gasteiger partial charge on any atom is 0.0717 e. The molecule has 0 atom stereocenters. The molecule has 0 amide bonds. The summed E-state index contributed by atoms with van der Waals surface area (Å²) >= 11 is 9.44. The van der Waals surface area contributed by atoms with E-state index >= 15 is 0 Å². The van der Waals surface area contributed by atoms with Crippen LogP contribution in [-0.4, -0.2) is 10.3 Å². The van der Waals surface area contributed by atoms with Gasteiger partial charge in [0, 0.05) is 28.9 Å². The molecule has 0 aliphatic carbocycles. The minimum absolute atomic E-state index is 0.717. The number of hydrogen-bond acceptors (Lipinski definition) is 1. The number of pyridine rings is 1. The lowest BCUT2D eigenvalue weighted by atomic mass is 10.1. The van der Waals surface area contributed by atoms with Crippen LogP contribution in [0.2, 0.25) is 5.02 Å². The lowest BCUT2D eigenvalue weighted by Gasteiger charge is -1.99. The number of hydrogen-bond donors (Lipinski definition) is 0. The maximum absolute atomic E-state index is 6.09. The summed E-state index contributed by atoms with van der Waals surface area (Å²) < 4.78 is 0. The predicted octanol–water partition coefficient (Wildman–Crippen LogP) is 4.02. The van der Waals surface area contributed by atoms with Crippen LogP contribution in [0.3, 0.4) is 0 Å². The molecular formula is C13H9BrClN. The minimum atomic E-state index is 0.717. The Hall–Kier alpha value is -1.04. The summed E-state index contributed by atoms with van der Waals surface area (Å²) in [5.41, 5.74) is 1.88. The minimum Gasteiger partial charge on any atom is -0.256 e. The fourth-order valence-corrected chi connectivity index (χ4v) is 1.81. The van der Waals surface area contributed by atoms with E-state index in [1.54, 1.807) is 12.3 Å². The molecule has 80 valence electrons. The van der Waals surface area contributed by atoms with Gasteiger partial charge in [0.2, 0.25) is 0 Å². The first-order valence-corrected chi connectivity index (χ1v) is 6.40. The Balaban J connectivity index is 2.44. The second-order valence-corrected chi connectivity index (χ2v) is 4.47. The van der Waals surface area contributed by atoms with Gasteiger partial charge in [0.15, 0.2) is 0 Å². The Morgan fingerprint density at radius 1 is 1.31 bits per heavy atom. The van der Waals surface area contributed by atoms with Crippen molar-refractivity contribution in [2.24, 2.45) is 0 Å². The first kappa shape index (κ1) is 11.4. The molecule has 1 aromatic carbocycles. The predicted molar refractivity (Wildman–Crippen MR) is 72.0 cm³/mol. The smallest absolute Gasteiger partial charge is 0.0717 e. The molecule has 0 saturated heterocycles. The SMILES string of the molecule is Clc1ccnc2ccc(C#CCCBr)cc12. The summed E-state index contributed by atoms with van der Waals surface area (Å²) in [5, 5.41) is 2.57.